The van der Waals surface area contributed by atoms with Crippen molar-refractivity contribution in [1.82, 2.24) is 99.0 Å². The van der Waals surface area contributed by atoms with E-state index in [-0.39, 0.29) is 35.1 Å². The Bertz CT molecular complexity index is 7350. The number of benzene rings is 13. The molecule has 0 unspecified atom stereocenters. The highest BCUT2D eigenvalue weighted by Crippen LogP contribution is 2.35. The number of aromatic nitrogens is 20. The van der Waals surface area contributed by atoms with Crippen LogP contribution in [0.4, 0.5) is 0 Å². The normalized spacial score (nSPS) is 10.8. The second-order valence-electron chi connectivity index (χ2n) is 31.0. The molecule has 0 radical (unpaired) electrons. The van der Waals surface area contributed by atoms with Gasteiger partial charge in [-0.1, -0.05) is 248 Å². The van der Waals surface area contributed by atoms with E-state index in [1.165, 1.54) is 63.5 Å². The lowest BCUT2D eigenvalue weighted by atomic mass is 10.0. The van der Waals surface area contributed by atoms with Crippen LogP contribution in [0.1, 0.15) is 72.3 Å². The van der Waals surface area contributed by atoms with Gasteiger partial charge in [-0.15, -0.1) is 0 Å². The van der Waals surface area contributed by atoms with Gasteiger partial charge >= 0.3 is 28.4 Å². The molecular weight excluding hydrogens is 1670 g/mol. The Morgan fingerprint density at radius 2 is 0.538 bits per heavy atom. The molecule has 0 aliphatic heterocycles. The van der Waals surface area contributed by atoms with Gasteiger partial charge in [-0.3, -0.25) is 0 Å². The Kier molecular flexibility index (Phi) is 29.4. The SMILES string of the molecule is Cc1ccc(C)c(COc2c(C)cccc2-n2nnn(C)c2=O)c1.Cc1cccc(-n2nnn(C)c2=O)c1OCc1cccc(-c2ccccc2)c1.Cc1cccc(-n2nnn(C)c2=O)c1OCc1ccccc1-c1ccccc1.Cc1cccc(-n2nnn(C)c2=O)c1OCc1ccccc1Oc1ccccc1.Cc1ccccc1COc1c(C)cccc1-n1nnn(C)c1=O. The highest BCUT2D eigenvalue weighted by atomic mass is 16.5. The lowest BCUT2D eigenvalue weighted by Gasteiger charge is -2.15. The van der Waals surface area contributed by atoms with Crippen molar-refractivity contribution in [2.75, 3.05) is 0 Å². The number of hydrogen-bond donors (Lipinski definition) is 0. The zero-order chi connectivity index (χ0) is 92.9. The van der Waals surface area contributed by atoms with Crippen LogP contribution in [0.3, 0.4) is 0 Å². The summed E-state index contributed by atoms with van der Waals surface area (Å²) in [5.41, 5.74) is 19.2. The molecule has 5 heterocycles. The van der Waals surface area contributed by atoms with Crippen LogP contribution >= 0.6 is 0 Å². The zero-order valence-electron chi connectivity index (χ0n) is 75.3. The predicted octanol–water partition coefficient (Wildman–Crippen LogP) is 15.3. The molecule has 31 nitrogen and oxygen atoms in total. The van der Waals surface area contributed by atoms with E-state index < -0.39 is 0 Å². The molecular formula is C101H98N20O11. The minimum absolute atomic E-state index is 0.274. The van der Waals surface area contributed by atoms with Gasteiger partial charge in [0.1, 0.15) is 102 Å². The van der Waals surface area contributed by atoms with Gasteiger partial charge in [-0.2, -0.15) is 46.8 Å². The van der Waals surface area contributed by atoms with Crippen molar-refractivity contribution in [1.29, 1.82) is 0 Å². The fourth-order valence-corrected chi connectivity index (χ4v) is 14.1. The molecule has 0 saturated heterocycles. The van der Waals surface area contributed by atoms with Gasteiger partial charge in [-0.25, -0.2) is 24.0 Å². The second-order valence-corrected chi connectivity index (χ2v) is 31.0. The fourth-order valence-electron chi connectivity index (χ4n) is 14.1. The molecule has 0 bridgehead atoms. The largest absolute Gasteiger partial charge is 0.486 e. The number of ether oxygens (including phenoxy) is 6. The van der Waals surface area contributed by atoms with Crippen molar-refractivity contribution < 1.29 is 28.4 Å². The topological polar surface area (TPSA) is 319 Å². The third-order valence-electron chi connectivity index (χ3n) is 21.4. The van der Waals surface area contributed by atoms with Crippen LogP contribution in [-0.4, -0.2) is 99.0 Å². The van der Waals surface area contributed by atoms with Crippen molar-refractivity contribution >= 4 is 0 Å². The number of para-hydroxylation sites is 7. The van der Waals surface area contributed by atoms with Crippen molar-refractivity contribution in [3.05, 3.63) is 422 Å². The predicted molar refractivity (Wildman–Crippen MR) is 502 cm³/mol. The van der Waals surface area contributed by atoms with E-state index in [4.69, 9.17) is 28.4 Å². The van der Waals surface area contributed by atoms with Crippen molar-refractivity contribution in [3.63, 3.8) is 0 Å². The molecule has 0 aliphatic carbocycles. The van der Waals surface area contributed by atoms with Crippen molar-refractivity contribution in [2.45, 2.75) is 88.4 Å². The monoisotopic (exact) mass is 1770 g/mol. The van der Waals surface area contributed by atoms with Crippen LogP contribution in [0.15, 0.2) is 321 Å². The molecule has 5 aromatic heterocycles. The van der Waals surface area contributed by atoms with E-state index in [0.717, 1.165) is 83.6 Å². The fraction of sp³-hybridized carbons (Fsp3) is 0.178. The quantitative estimate of drug-likeness (QED) is 0.0542. The second kappa shape index (κ2) is 42.5. The Balaban J connectivity index is 0.000000133. The lowest BCUT2D eigenvalue weighted by Crippen LogP contribution is -2.22. The van der Waals surface area contributed by atoms with E-state index in [0.29, 0.717) is 89.4 Å². The van der Waals surface area contributed by atoms with E-state index in [2.05, 4.69) is 133 Å². The summed E-state index contributed by atoms with van der Waals surface area (Å²) in [6, 6.07) is 96.5. The van der Waals surface area contributed by atoms with Crippen molar-refractivity contribution in [2.24, 2.45) is 35.2 Å². The Morgan fingerprint density at radius 3 is 0.939 bits per heavy atom. The van der Waals surface area contributed by atoms with E-state index in [1.54, 1.807) is 53.4 Å². The summed E-state index contributed by atoms with van der Waals surface area (Å²) in [4.78, 5) is 61.1. The molecule has 0 saturated carbocycles. The standard InChI is InChI=1S/C22H20N4O3.2C22H20N4O2.C18H20N4O2.C17H18N4O2/c1-16-9-8-13-19(26-22(27)25(2)23-24-26)21(16)28-15-17-10-6-7-14-20(17)29-18-11-4-3-5-12-18;1-16-8-6-13-20(26-22(27)25(2)23-24-26)21(16)28-15-17-9-7-12-19(14-17)18-10-4-3-5-11-18;1-16-9-8-14-20(26-22(27)25(2)23-24-26)21(16)28-15-18-12-6-7-13-19(18)17-10-4-3-5-11-17;1-12-8-9-13(2)15(10-12)11-24-17-14(3)6-5-7-16(17)22-18(23)21(4)19-20-22;1-12-7-4-5-9-14(12)11-23-16-13(2)8-6-10-15(16)21-17(22)20(3)18-19-21/h3-14H,15H2,1-2H3;2*3-14H,15H2,1-2H3;5-10H,11H2,1-4H3;4-10H,11H2,1-3H3. The van der Waals surface area contributed by atoms with Gasteiger partial charge in [0.2, 0.25) is 0 Å². The van der Waals surface area contributed by atoms with Crippen LogP contribution in [0.25, 0.3) is 50.7 Å². The first-order valence-electron chi connectivity index (χ1n) is 42.2. The van der Waals surface area contributed by atoms with Gasteiger partial charge < -0.3 is 28.4 Å². The summed E-state index contributed by atoms with van der Waals surface area (Å²) < 4.78 is 48.7. The van der Waals surface area contributed by atoms with Crippen LogP contribution in [-0.2, 0) is 68.3 Å². The lowest BCUT2D eigenvalue weighted by molar-refractivity contribution is 0.296. The molecule has 0 spiro atoms. The summed E-state index contributed by atoms with van der Waals surface area (Å²) >= 11 is 0. The summed E-state index contributed by atoms with van der Waals surface area (Å²) in [6.07, 6.45) is 0. The van der Waals surface area contributed by atoms with Gasteiger partial charge in [-0.05, 0) is 246 Å². The highest BCUT2D eigenvalue weighted by Gasteiger charge is 2.22. The molecule has 31 heteroatoms. The average molecular weight is 1770 g/mol. The smallest absolute Gasteiger partial charge is 0.368 e. The molecule has 13 aromatic carbocycles. The maximum absolute atomic E-state index is 12.3. The maximum Gasteiger partial charge on any atom is 0.368 e. The summed E-state index contributed by atoms with van der Waals surface area (Å²) in [6.45, 7) is 17.8. The molecule has 132 heavy (non-hydrogen) atoms. The van der Waals surface area contributed by atoms with Crippen LogP contribution in [0, 0.1) is 55.4 Å². The third kappa shape index (κ3) is 21.8. The number of tetrazole rings is 5. The number of hydrogen-bond acceptors (Lipinski definition) is 21. The van der Waals surface area contributed by atoms with E-state index >= 15 is 0 Å². The Morgan fingerprint density at radius 1 is 0.235 bits per heavy atom. The summed E-state index contributed by atoms with van der Waals surface area (Å²) in [5.74, 6) is 4.56. The maximum atomic E-state index is 12.3. The third-order valence-corrected chi connectivity index (χ3v) is 21.4. The van der Waals surface area contributed by atoms with Gasteiger partial charge in [0.25, 0.3) is 0 Å². The summed E-state index contributed by atoms with van der Waals surface area (Å²) in [5, 5.41) is 38.5. The Hall–Kier alpha value is -17.0. The van der Waals surface area contributed by atoms with E-state index in [9.17, 15) is 24.0 Å². The number of rotatable bonds is 24. The molecule has 18 rings (SSSR count). The first kappa shape index (κ1) is 91.2. The number of aryl methyl sites for hydroxylation is 13. The first-order chi connectivity index (χ1) is 64.0. The first-order valence-corrected chi connectivity index (χ1v) is 42.2. The van der Waals surface area contributed by atoms with E-state index in [1.807, 2.05) is 254 Å². The molecule has 0 fully saturated rings. The Labute approximate surface area is 759 Å². The van der Waals surface area contributed by atoms with Crippen molar-refractivity contribution in [3.8, 4) is 90.9 Å². The van der Waals surface area contributed by atoms with Gasteiger partial charge in [0.15, 0.2) is 0 Å². The zero-order valence-corrected chi connectivity index (χ0v) is 75.3. The van der Waals surface area contributed by atoms with Crippen LogP contribution < -0.4 is 56.9 Å². The van der Waals surface area contributed by atoms with Gasteiger partial charge in [0.05, 0.1) is 0 Å². The minimum atomic E-state index is -0.340. The number of nitrogens with zero attached hydrogens (tertiary/aromatic N) is 20. The van der Waals surface area contributed by atoms with Crippen LogP contribution in [0.5, 0.6) is 40.2 Å². The van der Waals surface area contributed by atoms with Gasteiger partial charge in [0, 0.05) is 40.8 Å². The molecule has 0 amide bonds. The van der Waals surface area contributed by atoms with Crippen LogP contribution in [0.2, 0.25) is 0 Å². The summed E-state index contributed by atoms with van der Waals surface area (Å²) in [7, 11) is 7.82. The minimum Gasteiger partial charge on any atom is -0.486 e. The molecule has 668 valence electrons. The molecule has 0 aliphatic rings. The molecule has 18 aromatic rings. The molecule has 0 N–H and O–H groups in total. The average Bonchev–Trinajstić information content (AvgIpc) is 1.70. The highest BCUT2D eigenvalue weighted by molar-refractivity contribution is 5.68. The molecule has 0 atom stereocenters.